The average Bonchev–Trinajstić information content (AvgIpc) is 3.11. The summed E-state index contributed by atoms with van der Waals surface area (Å²) in [5.41, 5.74) is 1.50. The van der Waals surface area contributed by atoms with Crippen LogP contribution in [-0.2, 0) is 6.54 Å². The fourth-order valence-corrected chi connectivity index (χ4v) is 3.59. The number of carbonyl (C=O) groups is 1. The molecule has 2 nitrogen and oxygen atoms in total. The molecule has 1 heterocycles. The normalized spacial score (nSPS) is 13.9. The highest BCUT2D eigenvalue weighted by Crippen LogP contribution is 2.28. The third kappa shape index (κ3) is 3.33. The molecule has 0 bridgehead atoms. The summed E-state index contributed by atoms with van der Waals surface area (Å²) in [5.74, 6) is -0.450. The Hall–Kier alpha value is -2.94. The number of hydrogen-bond donors (Lipinski definition) is 0. The van der Waals surface area contributed by atoms with Crippen molar-refractivity contribution >= 4 is 27.5 Å². The Morgan fingerprint density at radius 2 is 1.75 bits per heavy atom. The van der Waals surface area contributed by atoms with E-state index >= 15 is 0 Å². The Morgan fingerprint density at radius 1 is 0.964 bits per heavy atom. The molecule has 0 fully saturated rings. The predicted octanol–water partition coefficient (Wildman–Crippen LogP) is 6.47. The van der Waals surface area contributed by atoms with Crippen molar-refractivity contribution in [1.82, 2.24) is 4.57 Å². The zero-order valence-corrected chi connectivity index (χ0v) is 15.7. The van der Waals surface area contributed by atoms with E-state index in [9.17, 15) is 9.18 Å². The first-order valence-corrected chi connectivity index (χ1v) is 9.47. The van der Waals surface area contributed by atoms with Crippen LogP contribution in [0.4, 0.5) is 4.39 Å². The van der Waals surface area contributed by atoms with Crippen molar-refractivity contribution in [2.45, 2.75) is 32.7 Å². The fraction of sp³-hybridized carbons (Fsp3) is 0.240. The maximum Gasteiger partial charge on any atom is 0.195 e. The highest BCUT2D eigenvalue weighted by molar-refractivity contribution is 6.21. The van der Waals surface area contributed by atoms with Gasteiger partial charge in [0.05, 0.1) is 13.5 Å². The number of ketones is 1. The van der Waals surface area contributed by atoms with Crippen LogP contribution in [0, 0.1) is 6.92 Å². The lowest BCUT2D eigenvalue weighted by atomic mass is 9.95. The molecular formula is C25H24FNO. The van der Waals surface area contributed by atoms with Gasteiger partial charge in [-0.2, -0.15) is 0 Å². The highest BCUT2D eigenvalue weighted by atomic mass is 19.1. The van der Waals surface area contributed by atoms with Crippen molar-refractivity contribution in [2.75, 3.05) is 6.67 Å². The number of halogens is 1. The third-order valence-corrected chi connectivity index (χ3v) is 5.06. The van der Waals surface area contributed by atoms with Crippen LogP contribution in [0.1, 0.15) is 47.6 Å². The molecule has 0 N–H and O–H groups in total. The van der Waals surface area contributed by atoms with E-state index in [0.29, 0.717) is 24.8 Å². The number of para-hydroxylation sites is 1. The smallest absolute Gasteiger partial charge is 0.195 e. The Balaban J connectivity index is 1.99. The Kier molecular flexibility index (Phi) is 3.78. The molecular weight excluding hydrogens is 349 g/mol. The van der Waals surface area contributed by atoms with Crippen molar-refractivity contribution in [3.05, 3.63) is 83.4 Å². The topological polar surface area (TPSA) is 22.0 Å². The zero-order chi connectivity index (χ0) is 23.9. The first kappa shape index (κ1) is 13.3. The number of aryl methyl sites for hydroxylation is 2. The summed E-state index contributed by atoms with van der Waals surface area (Å²) >= 11 is 0. The number of rotatable bonds is 7. The van der Waals surface area contributed by atoms with E-state index in [4.69, 9.17) is 6.85 Å². The van der Waals surface area contributed by atoms with Crippen molar-refractivity contribution in [2.24, 2.45) is 0 Å². The predicted molar refractivity (Wildman–Crippen MR) is 114 cm³/mol. The summed E-state index contributed by atoms with van der Waals surface area (Å²) in [6, 6.07) is 9.56. The van der Waals surface area contributed by atoms with E-state index in [1.165, 1.54) is 4.57 Å². The van der Waals surface area contributed by atoms with Crippen LogP contribution in [0.3, 0.4) is 0 Å². The van der Waals surface area contributed by atoms with E-state index in [0.717, 1.165) is 16.3 Å². The number of nitrogens with zero attached hydrogens (tertiary/aromatic N) is 1. The quantitative estimate of drug-likeness (QED) is 0.267. The fourth-order valence-electron chi connectivity index (χ4n) is 3.59. The van der Waals surface area contributed by atoms with E-state index in [2.05, 4.69) is 0 Å². The van der Waals surface area contributed by atoms with Gasteiger partial charge < -0.3 is 4.57 Å². The average molecular weight is 379 g/mol. The van der Waals surface area contributed by atoms with Gasteiger partial charge in [0.15, 0.2) is 5.78 Å². The molecule has 0 radical (unpaired) electrons. The minimum atomic E-state index is -0.450. The maximum atomic E-state index is 13.8. The molecule has 0 spiro atoms. The molecule has 0 aliphatic carbocycles. The minimum Gasteiger partial charge on any atom is -0.347 e. The van der Waals surface area contributed by atoms with Crippen molar-refractivity contribution in [3.63, 3.8) is 0 Å². The molecule has 0 aliphatic rings. The standard InChI is InChI=1S/C25H24FNO/c1-18-13-14-22(20-10-4-3-9-19(18)20)25(28)23-17-27(16-8-2-7-15-26)24-12-6-5-11-21(23)24/h3-6,9-14,17H,2,7-8,15-16H2,1H3/i5D,6D,11D,12D,17D. The maximum absolute atomic E-state index is 13.8. The lowest BCUT2D eigenvalue weighted by Crippen LogP contribution is -2.02. The number of carbonyl (C=O) groups excluding carboxylic acids is 1. The molecule has 0 unspecified atom stereocenters. The number of alkyl halides is 1. The van der Waals surface area contributed by atoms with E-state index in [-0.39, 0.29) is 41.3 Å². The largest absolute Gasteiger partial charge is 0.347 e. The van der Waals surface area contributed by atoms with Crippen molar-refractivity contribution < 1.29 is 16.0 Å². The number of unbranched alkanes of at least 4 members (excludes halogenated alkanes) is 2. The van der Waals surface area contributed by atoms with E-state index < -0.39 is 24.5 Å². The van der Waals surface area contributed by atoms with E-state index in [1.807, 2.05) is 37.3 Å². The Labute approximate surface area is 171 Å². The molecule has 0 atom stereocenters. The molecule has 4 rings (SSSR count). The Morgan fingerprint density at radius 3 is 2.57 bits per heavy atom. The summed E-state index contributed by atoms with van der Waals surface area (Å²) in [5, 5.41) is 1.70. The molecule has 0 saturated heterocycles. The number of hydrogen-bond acceptors (Lipinski definition) is 1. The SMILES string of the molecule is [2H]c1c([2H])c([2H])c2c(c1[2H])c(C(=O)c1ccc(C)c3ccccc13)c([2H])n2CCCCCF. The lowest BCUT2D eigenvalue weighted by Gasteiger charge is -2.08. The lowest BCUT2D eigenvalue weighted by molar-refractivity contribution is 0.104. The van der Waals surface area contributed by atoms with Crippen LogP contribution < -0.4 is 0 Å². The minimum absolute atomic E-state index is 0.0310. The molecule has 142 valence electrons. The van der Waals surface area contributed by atoms with Gasteiger partial charge in [-0.25, -0.2) is 0 Å². The molecule has 4 aromatic rings. The molecule has 3 aromatic carbocycles. The first-order chi connectivity index (χ1) is 15.8. The number of aromatic nitrogens is 1. The van der Waals surface area contributed by atoms with Gasteiger partial charge in [0.2, 0.25) is 0 Å². The molecule has 0 saturated carbocycles. The van der Waals surface area contributed by atoms with Gasteiger partial charge in [-0.3, -0.25) is 9.18 Å². The van der Waals surface area contributed by atoms with E-state index in [1.54, 1.807) is 6.07 Å². The van der Waals surface area contributed by atoms with Crippen LogP contribution >= 0.6 is 0 Å². The second-order valence-corrected chi connectivity index (χ2v) is 6.92. The van der Waals surface area contributed by atoms with Crippen LogP contribution in [0.15, 0.2) is 66.7 Å². The highest BCUT2D eigenvalue weighted by Gasteiger charge is 2.18. The van der Waals surface area contributed by atoms with Crippen molar-refractivity contribution in [1.29, 1.82) is 0 Å². The summed E-state index contributed by atoms with van der Waals surface area (Å²) in [6.07, 6.45) is 1.34. The molecule has 0 amide bonds. The summed E-state index contributed by atoms with van der Waals surface area (Å²) in [6.45, 7) is 1.77. The number of benzene rings is 3. The van der Waals surface area contributed by atoms with Gasteiger partial charge >= 0.3 is 0 Å². The summed E-state index contributed by atoms with van der Waals surface area (Å²) in [4.78, 5) is 13.8. The molecule has 0 aliphatic heterocycles. The second kappa shape index (κ2) is 7.97. The van der Waals surface area contributed by atoms with Crippen LogP contribution in [0.5, 0.6) is 0 Å². The van der Waals surface area contributed by atoms with Crippen LogP contribution in [0.25, 0.3) is 21.7 Å². The summed E-state index contributed by atoms with van der Waals surface area (Å²) < 4.78 is 55.9. The summed E-state index contributed by atoms with van der Waals surface area (Å²) in [7, 11) is 0. The second-order valence-electron chi connectivity index (χ2n) is 6.92. The molecule has 3 heteroatoms. The first-order valence-electron chi connectivity index (χ1n) is 12.0. The van der Waals surface area contributed by atoms with Crippen LogP contribution in [-0.4, -0.2) is 17.0 Å². The van der Waals surface area contributed by atoms with Gasteiger partial charge in [-0.05, 0) is 48.6 Å². The monoisotopic (exact) mass is 378 g/mol. The van der Waals surface area contributed by atoms with Gasteiger partial charge in [-0.1, -0.05) is 54.5 Å². The van der Waals surface area contributed by atoms with Gasteiger partial charge in [-0.15, -0.1) is 0 Å². The van der Waals surface area contributed by atoms with Crippen molar-refractivity contribution in [3.8, 4) is 0 Å². The van der Waals surface area contributed by atoms with Gasteiger partial charge in [0, 0.05) is 34.7 Å². The molecule has 28 heavy (non-hydrogen) atoms. The third-order valence-electron chi connectivity index (χ3n) is 5.06. The molecule has 1 aromatic heterocycles. The van der Waals surface area contributed by atoms with Gasteiger partial charge in [0.1, 0.15) is 0 Å². The van der Waals surface area contributed by atoms with Crippen LogP contribution in [0.2, 0.25) is 0 Å². The van der Waals surface area contributed by atoms with Gasteiger partial charge in [0.25, 0.3) is 0 Å². The number of fused-ring (bicyclic) bond motifs is 2. The zero-order valence-electron chi connectivity index (χ0n) is 20.7. The Bertz CT molecular complexity index is 1400.